The summed E-state index contributed by atoms with van der Waals surface area (Å²) in [5.41, 5.74) is 1.90. The van der Waals surface area contributed by atoms with Crippen LogP contribution in [-0.4, -0.2) is 11.5 Å². The van der Waals surface area contributed by atoms with Crippen molar-refractivity contribution in [2.24, 2.45) is 0 Å². The van der Waals surface area contributed by atoms with E-state index in [1.165, 1.54) is 12.1 Å². The average molecular weight is 339 g/mol. The number of anilines is 1. The van der Waals surface area contributed by atoms with Crippen molar-refractivity contribution in [3.63, 3.8) is 0 Å². The second kappa shape index (κ2) is 7.47. The summed E-state index contributed by atoms with van der Waals surface area (Å²) in [6, 6.07) is 12.2. The number of halogens is 2. The van der Waals surface area contributed by atoms with Crippen molar-refractivity contribution in [3.8, 4) is 0 Å². The average Bonchev–Trinajstić information content (AvgIpc) is 2.49. The Kier molecular flexibility index (Phi) is 5.63. The van der Waals surface area contributed by atoms with Gasteiger partial charge in [-0.2, -0.15) is 0 Å². The highest BCUT2D eigenvalue weighted by Gasteiger charge is 2.14. The Balaban J connectivity index is 2.27. The minimum Gasteiger partial charge on any atom is -0.366 e. The summed E-state index contributed by atoms with van der Waals surface area (Å²) in [5.74, 6) is 0. The fourth-order valence-electron chi connectivity index (χ4n) is 2.23. The summed E-state index contributed by atoms with van der Waals surface area (Å²) in [4.78, 5) is 12.5. The molecule has 6 heteroatoms. The molecular weight excluding hydrogens is 323 g/mol. The molecule has 0 N–H and O–H groups in total. The third-order valence-corrected chi connectivity index (χ3v) is 3.82. The first kappa shape index (κ1) is 16.6. The maximum absolute atomic E-state index is 10.8. The first-order valence-corrected chi connectivity index (χ1v) is 7.70. The number of benzene rings is 2. The van der Waals surface area contributed by atoms with E-state index in [4.69, 9.17) is 23.2 Å². The zero-order valence-electron chi connectivity index (χ0n) is 12.1. The Bertz CT molecular complexity index is 660. The molecule has 0 unspecified atom stereocenters. The van der Waals surface area contributed by atoms with Gasteiger partial charge in [-0.1, -0.05) is 42.3 Å². The Labute approximate surface area is 139 Å². The minimum absolute atomic E-state index is 0.00306. The van der Waals surface area contributed by atoms with Crippen LogP contribution in [0.4, 0.5) is 11.4 Å². The van der Waals surface area contributed by atoms with Crippen molar-refractivity contribution < 1.29 is 4.92 Å². The Morgan fingerprint density at radius 2 is 1.82 bits per heavy atom. The second-order valence-electron chi connectivity index (χ2n) is 4.94. The molecular formula is C16H16Cl2N2O2. The third-order valence-electron chi connectivity index (χ3n) is 3.26. The van der Waals surface area contributed by atoms with Crippen LogP contribution >= 0.6 is 23.2 Å². The first-order valence-electron chi connectivity index (χ1n) is 6.94. The molecule has 0 heterocycles. The van der Waals surface area contributed by atoms with Crippen LogP contribution in [0.15, 0.2) is 42.5 Å². The van der Waals surface area contributed by atoms with E-state index in [2.05, 4.69) is 11.8 Å². The van der Waals surface area contributed by atoms with Gasteiger partial charge in [0.15, 0.2) is 0 Å². The summed E-state index contributed by atoms with van der Waals surface area (Å²) < 4.78 is 0. The van der Waals surface area contributed by atoms with Gasteiger partial charge in [-0.15, -0.1) is 0 Å². The van der Waals surface area contributed by atoms with E-state index in [-0.39, 0.29) is 5.69 Å². The highest BCUT2D eigenvalue weighted by Crippen LogP contribution is 2.31. The maximum atomic E-state index is 10.8. The van der Waals surface area contributed by atoms with Gasteiger partial charge in [0.1, 0.15) is 0 Å². The van der Waals surface area contributed by atoms with E-state index in [0.29, 0.717) is 16.6 Å². The number of hydrogen-bond acceptors (Lipinski definition) is 3. The standard InChI is InChI=1S/C16H16Cl2N2O2/c1-2-9-19(11-12-3-5-13(17)6-4-12)16-8-7-14(20(21)22)10-15(16)18/h3-8,10H,2,9,11H2,1H3. The van der Waals surface area contributed by atoms with Crippen molar-refractivity contribution >= 4 is 34.6 Å². The number of rotatable bonds is 6. The zero-order valence-corrected chi connectivity index (χ0v) is 13.6. The molecule has 0 amide bonds. The number of nitro groups is 1. The highest BCUT2D eigenvalue weighted by atomic mass is 35.5. The SMILES string of the molecule is CCCN(Cc1ccc(Cl)cc1)c1ccc([N+](=O)[O-])cc1Cl. The van der Waals surface area contributed by atoms with Gasteiger partial charge in [0.2, 0.25) is 0 Å². The smallest absolute Gasteiger partial charge is 0.271 e. The van der Waals surface area contributed by atoms with Crippen LogP contribution in [0.2, 0.25) is 10.0 Å². The summed E-state index contributed by atoms with van der Waals surface area (Å²) in [5, 5.41) is 11.9. The molecule has 0 fully saturated rings. The summed E-state index contributed by atoms with van der Waals surface area (Å²) >= 11 is 12.1. The van der Waals surface area contributed by atoms with Gasteiger partial charge in [-0.3, -0.25) is 10.1 Å². The van der Waals surface area contributed by atoms with Gasteiger partial charge in [-0.05, 0) is 30.2 Å². The van der Waals surface area contributed by atoms with Crippen LogP contribution < -0.4 is 4.90 Å². The molecule has 0 aliphatic rings. The molecule has 4 nitrogen and oxygen atoms in total. The molecule has 2 aromatic rings. The molecule has 2 rings (SSSR count). The molecule has 22 heavy (non-hydrogen) atoms. The lowest BCUT2D eigenvalue weighted by Crippen LogP contribution is -2.23. The van der Waals surface area contributed by atoms with E-state index in [1.807, 2.05) is 24.3 Å². The monoisotopic (exact) mass is 338 g/mol. The van der Waals surface area contributed by atoms with Crippen molar-refractivity contribution in [2.45, 2.75) is 19.9 Å². The van der Waals surface area contributed by atoms with Crippen LogP contribution in [-0.2, 0) is 6.54 Å². The molecule has 0 saturated heterocycles. The molecule has 116 valence electrons. The predicted octanol–water partition coefficient (Wildman–Crippen LogP) is 5.32. The van der Waals surface area contributed by atoms with Gasteiger partial charge in [0.25, 0.3) is 5.69 Å². The largest absolute Gasteiger partial charge is 0.366 e. The molecule has 0 radical (unpaired) electrons. The number of non-ortho nitro benzene ring substituents is 1. The molecule has 0 bridgehead atoms. The third kappa shape index (κ3) is 4.12. The molecule has 0 aromatic heterocycles. The molecule has 0 aliphatic heterocycles. The van der Waals surface area contributed by atoms with Crippen LogP contribution in [0.5, 0.6) is 0 Å². The molecule has 0 aliphatic carbocycles. The number of nitrogens with zero attached hydrogens (tertiary/aromatic N) is 2. The van der Waals surface area contributed by atoms with Crippen molar-refractivity contribution in [1.29, 1.82) is 0 Å². The highest BCUT2D eigenvalue weighted by molar-refractivity contribution is 6.33. The zero-order chi connectivity index (χ0) is 16.1. The lowest BCUT2D eigenvalue weighted by Gasteiger charge is -2.25. The van der Waals surface area contributed by atoms with E-state index in [0.717, 1.165) is 24.2 Å². The van der Waals surface area contributed by atoms with Gasteiger partial charge in [0, 0.05) is 30.2 Å². The van der Waals surface area contributed by atoms with Gasteiger partial charge >= 0.3 is 0 Å². The predicted molar refractivity (Wildman–Crippen MR) is 90.9 cm³/mol. The van der Waals surface area contributed by atoms with Gasteiger partial charge in [0.05, 0.1) is 15.6 Å². The minimum atomic E-state index is -0.445. The first-order chi connectivity index (χ1) is 10.5. The lowest BCUT2D eigenvalue weighted by molar-refractivity contribution is -0.384. The Morgan fingerprint density at radius 3 is 2.36 bits per heavy atom. The van der Waals surface area contributed by atoms with Crippen molar-refractivity contribution in [1.82, 2.24) is 0 Å². The summed E-state index contributed by atoms with van der Waals surface area (Å²) in [6.45, 7) is 3.55. The topological polar surface area (TPSA) is 46.4 Å². The van der Waals surface area contributed by atoms with Gasteiger partial charge < -0.3 is 4.90 Å². The van der Waals surface area contributed by atoms with Crippen molar-refractivity contribution in [3.05, 3.63) is 68.2 Å². The van der Waals surface area contributed by atoms with E-state index in [1.54, 1.807) is 6.07 Å². The summed E-state index contributed by atoms with van der Waals surface area (Å²) in [7, 11) is 0. The molecule has 0 spiro atoms. The van der Waals surface area contributed by atoms with E-state index >= 15 is 0 Å². The number of hydrogen-bond donors (Lipinski definition) is 0. The second-order valence-corrected chi connectivity index (χ2v) is 5.78. The summed E-state index contributed by atoms with van der Waals surface area (Å²) in [6.07, 6.45) is 0.945. The Hall–Kier alpha value is -1.78. The number of nitro benzene ring substituents is 1. The maximum Gasteiger partial charge on any atom is 0.271 e. The van der Waals surface area contributed by atoms with Crippen LogP contribution in [0, 0.1) is 10.1 Å². The fourth-order valence-corrected chi connectivity index (χ4v) is 2.65. The van der Waals surface area contributed by atoms with Gasteiger partial charge in [-0.25, -0.2) is 0 Å². The van der Waals surface area contributed by atoms with Crippen LogP contribution in [0.25, 0.3) is 0 Å². The van der Waals surface area contributed by atoms with Crippen LogP contribution in [0.1, 0.15) is 18.9 Å². The van der Waals surface area contributed by atoms with E-state index < -0.39 is 4.92 Å². The molecule has 0 atom stereocenters. The van der Waals surface area contributed by atoms with Crippen LogP contribution in [0.3, 0.4) is 0 Å². The molecule has 0 saturated carbocycles. The normalized spacial score (nSPS) is 10.5. The van der Waals surface area contributed by atoms with Crippen molar-refractivity contribution in [2.75, 3.05) is 11.4 Å². The lowest BCUT2D eigenvalue weighted by atomic mass is 10.2. The molecule has 2 aromatic carbocycles. The fraction of sp³-hybridized carbons (Fsp3) is 0.250. The van der Waals surface area contributed by atoms with E-state index in [9.17, 15) is 10.1 Å². The Morgan fingerprint density at radius 1 is 1.14 bits per heavy atom. The quantitative estimate of drug-likeness (QED) is 0.529.